The number of hydrogen-bond acceptors (Lipinski definition) is 9. The van der Waals surface area contributed by atoms with E-state index in [-0.39, 0.29) is 62.9 Å². The van der Waals surface area contributed by atoms with Crippen molar-refractivity contribution in [1.82, 2.24) is 0 Å². The van der Waals surface area contributed by atoms with Gasteiger partial charge in [0.05, 0.1) is 24.0 Å². The minimum absolute atomic E-state index is 0. The number of carbonyl (C=O) groups is 1. The van der Waals surface area contributed by atoms with E-state index >= 15 is 0 Å². The molecule has 0 aliphatic heterocycles. The number of benzene rings is 6. The summed E-state index contributed by atoms with van der Waals surface area (Å²) in [5, 5.41) is 0. The van der Waals surface area contributed by atoms with E-state index in [0.29, 0.717) is 28.4 Å². The van der Waals surface area contributed by atoms with E-state index in [2.05, 4.69) is 82.5 Å². The maximum Gasteiger partial charge on any atom is 0 e. The molecule has 331 valence electrons. The molecular weight excluding hydrogens is 1380 g/mol. The van der Waals surface area contributed by atoms with Crippen LogP contribution in [0.4, 0.5) is 0 Å². The molecule has 18 heteroatoms. The SMILES string of the molecule is COc1ccc(Oc2ccc(C(=O)c3ccc(C)cc3)cc2)cc1S(=O)(=O)Cl.COc1ccc(Oc2ccc(S(=O)(=O)c3ccc(C)cc3)cc2)cc1.C[CH-]I.[CH3-].[I][V]([I])[I].[V]. The van der Waals surface area contributed by atoms with Crippen molar-refractivity contribution in [3.63, 3.8) is 0 Å². The summed E-state index contributed by atoms with van der Waals surface area (Å²) in [7, 11) is 0.877. The predicted molar refractivity (Wildman–Crippen MR) is 276 cm³/mol. The summed E-state index contributed by atoms with van der Waals surface area (Å²) in [5.74, 6) is 2.71. The van der Waals surface area contributed by atoms with Crippen LogP contribution < -0.4 is 18.9 Å². The monoisotopic (exact) mass is 1420 g/mol. The van der Waals surface area contributed by atoms with Gasteiger partial charge in [-0.2, -0.15) is 6.92 Å². The van der Waals surface area contributed by atoms with Crippen LogP contribution in [0, 0.1) is 25.7 Å². The van der Waals surface area contributed by atoms with Crippen molar-refractivity contribution in [3.8, 4) is 34.5 Å². The molecule has 0 saturated carbocycles. The second-order valence-corrected chi connectivity index (χ2v) is 53.1. The second-order valence-electron chi connectivity index (χ2n) is 12.0. The van der Waals surface area contributed by atoms with Gasteiger partial charge in [-0.3, -0.25) is 9.22 Å². The predicted octanol–water partition coefficient (Wildman–Crippen LogP) is 14.3. The molecule has 0 heterocycles. The van der Waals surface area contributed by atoms with Crippen molar-refractivity contribution in [3.05, 3.63) is 174 Å². The molecule has 0 fully saturated rings. The second kappa shape index (κ2) is 29.2. The van der Waals surface area contributed by atoms with Crippen LogP contribution >= 0.6 is 93.2 Å². The summed E-state index contributed by atoms with van der Waals surface area (Å²) in [6.45, 7) is 5.86. The molecule has 62 heavy (non-hydrogen) atoms. The van der Waals surface area contributed by atoms with Crippen molar-refractivity contribution in [1.29, 1.82) is 0 Å². The van der Waals surface area contributed by atoms with Gasteiger partial charge in [-0.25, -0.2) is 16.8 Å². The quantitative estimate of drug-likeness (QED) is 0.0540. The zero-order valence-electron chi connectivity index (χ0n) is 34.1. The van der Waals surface area contributed by atoms with E-state index in [1.807, 2.05) is 37.3 Å². The molecule has 9 nitrogen and oxygen atoms in total. The minimum Gasteiger partial charge on any atom is 0 e. The number of methoxy groups -OCH3 is 2. The molecule has 6 rings (SSSR count). The van der Waals surface area contributed by atoms with Gasteiger partial charge in [-0.1, -0.05) is 47.5 Å². The van der Waals surface area contributed by atoms with Gasteiger partial charge in [-0.05, 0) is 111 Å². The van der Waals surface area contributed by atoms with Gasteiger partial charge in [-0.15, -0.1) is 0 Å². The third-order valence-corrected chi connectivity index (χ3v) is 11.0. The van der Waals surface area contributed by atoms with Gasteiger partial charge in [0.15, 0.2) is 5.78 Å². The van der Waals surface area contributed by atoms with E-state index in [9.17, 15) is 21.6 Å². The third kappa shape index (κ3) is 19.5. The number of ether oxygens (including phenoxy) is 4. The summed E-state index contributed by atoms with van der Waals surface area (Å²) in [4.78, 5) is 12.6. The molecule has 0 bridgehead atoms. The van der Waals surface area contributed by atoms with Crippen LogP contribution in [0.1, 0.15) is 34.0 Å². The molecule has 6 aromatic carbocycles. The van der Waals surface area contributed by atoms with E-state index < -0.39 is 18.9 Å². The van der Waals surface area contributed by atoms with Gasteiger partial charge in [0, 0.05) is 46.4 Å². The molecule has 6 aromatic rings. The molecule has 1 radical (unpaired) electrons. The van der Waals surface area contributed by atoms with Crippen LogP contribution in [0.15, 0.2) is 154 Å². The maximum absolute atomic E-state index is 12.6. The Bertz CT molecular complexity index is 2500. The fraction of sp³-hybridized carbons (Fsp3) is 0.114. The molecule has 0 unspecified atom stereocenters. The van der Waals surface area contributed by atoms with Gasteiger partial charge in [0.2, 0.25) is 9.84 Å². The molecule has 0 atom stereocenters. The Morgan fingerprint density at radius 1 is 0.581 bits per heavy atom. The Labute approximate surface area is 433 Å². The Kier molecular flexibility index (Phi) is 27.5. The number of halogens is 5. The summed E-state index contributed by atoms with van der Waals surface area (Å²) in [6.07, 6.45) is 0. The van der Waals surface area contributed by atoms with Crippen molar-refractivity contribution in [2.75, 3.05) is 14.2 Å². The Morgan fingerprint density at radius 3 is 1.31 bits per heavy atom. The van der Waals surface area contributed by atoms with E-state index in [1.54, 1.807) is 122 Å². The fourth-order valence-electron chi connectivity index (χ4n) is 4.91. The molecule has 0 aliphatic carbocycles. The first-order valence-electron chi connectivity index (χ1n) is 17.3. The van der Waals surface area contributed by atoms with Crippen molar-refractivity contribution in [2.45, 2.75) is 35.5 Å². The standard InChI is InChI=1S/C21H17ClO5S.C20H18O4S.C2H4I.CH3.3HI.2V/c1-14-3-5-15(6-4-14)21(23)16-7-9-17(10-8-16)27-18-11-12-19(26-2)20(13-18)28(22,24)25;1-15-3-11-19(12-4-15)25(21,22)20-13-9-18(10-14-20)24-17-7-5-16(23-2)6-8-17;1-2-3;;;;;;/h3-13H,1-2H3;3-14H,1-2H3;2H,1H3;1H3;3*1H;;/q;;2*-1;;;;;+3/p-3. The van der Waals surface area contributed by atoms with Crippen molar-refractivity contribution < 1.29 is 64.1 Å². The van der Waals surface area contributed by atoms with Crippen LogP contribution in [-0.4, -0.2) is 36.8 Å². The zero-order chi connectivity index (χ0) is 44.5. The number of carbonyl (C=O) groups excluding carboxylic acids is 1. The molecule has 0 spiro atoms. The first-order chi connectivity index (χ1) is 28.4. The zero-order valence-corrected chi connectivity index (χ0v) is 47.9. The molecule has 0 aliphatic rings. The van der Waals surface area contributed by atoms with Gasteiger partial charge in [0.25, 0.3) is 9.05 Å². The number of ketones is 1. The summed E-state index contributed by atoms with van der Waals surface area (Å²) in [5.41, 5.74) is 3.22. The number of aryl methyl sites for hydroxylation is 2. The van der Waals surface area contributed by atoms with Crippen LogP contribution in [-0.2, 0) is 42.4 Å². The normalized spacial score (nSPS) is 10.4. The first kappa shape index (κ1) is 58.5. The van der Waals surface area contributed by atoms with E-state index in [4.69, 9.17) is 29.6 Å². The van der Waals surface area contributed by atoms with Crippen LogP contribution in [0.5, 0.6) is 34.5 Å². The van der Waals surface area contributed by atoms with Crippen LogP contribution in [0.2, 0.25) is 0 Å². The first-order valence-corrected chi connectivity index (χ1v) is 35.9. The van der Waals surface area contributed by atoms with Crippen molar-refractivity contribution >= 4 is 118 Å². The third-order valence-electron chi connectivity index (χ3n) is 7.82. The smallest absolute Gasteiger partial charge is 0 e. The van der Waals surface area contributed by atoms with Crippen LogP contribution in [0.25, 0.3) is 0 Å². The average Bonchev–Trinajstić information content (AvgIpc) is 3.22. The molecule has 0 aromatic heterocycles. The molecular formula is C44H42ClI4O9S2V2-2. The minimum atomic E-state index is -3.99. The number of rotatable bonds is 11. The van der Waals surface area contributed by atoms with Crippen LogP contribution in [0.3, 0.4) is 0 Å². The Hall–Kier alpha value is -1.53. The molecule has 0 N–H and O–H groups in total. The van der Waals surface area contributed by atoms with Gasteiger partial charge < -0.3 is 49.0 Å². The van der Waals surface area contributed by atoms with E-state index in [1.165, 1.54) is 19.2 Å². The number of sulfone groups is 1. The largest absolute Gasteiger partial charge is 0 e. The van der Waals surface area contributed by atoms with Crippen molar-refractivity contribution in [2.24, 2.45) is 0 Å². The topological polar surface area (TPSA) is 122 Å². The Morgan fingerprint density at radius 2 is 0.903 bits per heavy atom. The summed E-state index contributed by atoms with van der Waals surface area (Å²) >= 11 is 9.55. The molecule has 0 saturated heterocycles. The summed E-state index contributed by atoms with van der Waals surface area (Å²) in [6, 6.07) is 38.6. The average molecular weight is 1420 g/mol. The van der Waals surface area contributed by atoms with Gasteiger partial charge in [0.1, 0.15) is 39.4 Å². The fourth-order valence-corrected chi connectivity index (χ4v) is 7.18. The maximum atomic E-state index is 12.6. The Balaban J connectivity index is 0.000000526. The molecule has 0 amide bonds. The van der Waals surface area contributed by atoms with E-state index in [0.717, 1.165) is 16.9 Å². The number of hydrogen-bond donors (Lipinski definition) is 0. The van der Waals surface area contributed by atoms with Gasteiger partial charge >= 0.3 is 64.9 Å². The summed E-state index contributed by atoms with van der Waals surface area (Å²) < 4.78 is 72.1.